The van der Waals surface area contributed by atoms with Crippen LogP contribution in [-0.4, -0.2) is 96.7 Å². The number of aliphatic hydroxyl groups excluding tert-OH is 1. The van der Waals surface area contributed by atoms with Gasteiger partial charge in [0.1, 0.15) is 19.3 Å². The van der Waals surface area contributed by atoms with Crippen LogP contribution in [0.15, 0.2) is 0 Å². The van der Waals surface area contributed by atoms with E-state index in [1.807, 2.05) is 0 Å². The average Bonchev–Trinajstić information content (AvgIpc) is 1.32. The quantitative estimate of drug-likeness (QED) is 0.0222. The first kappa shape index (κ1) is 97.1. The number of carbonyl (C=O) groups is 4. The third-order valence-electron chi connectivity index (χ3n) is 19.0. The van der Waals surface area contributed by atoms with Crippen molar-refractivity contribution >= 4 is 39.5 Å². The van der Waals surface area contributed by atoms with Gasteiger partial charge in [0.25, 0.3) is 0 Å². The van der Waals surface area contributed by atoms with E-state index in [0.29, 0.717) is 25.7 Å². The van der Waals surface area contributed by atoms with Gasteiger partial charge in [0.2, 0.25) is 0 Å². The summed E-state index contributed by atoms with van der Waals surface area (Å²) in [7, 11) is -9.92. The van der Waals surface area contributed by atoms with Gasteiger partial charge in [0.15, 0.2) is 12.2 Å². The summed E-state index contributed by atoms with van der Waals surface area (Å²) < 4.78 is 68.6. The zero-order valence-corrected chi connectivity index (χ0v) is 66.8. The number of carbonyl (C=O) groups excluding carboxylic acids is 4. The van der Waals surface area contributed by atoms with Crippen LogP contribution in [0.5, 0.6) is 0 Å². The van der Waals surface area contributed by atoms with Crippen molar-refractivity contribution < 1.29 is 80.2 Å². The van der Waals surface area contributed by atoms with Gasteiger partial charge in [0, 0.05) is 25.7 Å². The molecule has 0 aromatic heterocycles. The van der Waals surface area contributed by atoms with Crippen LogP contribution in [0.3, 0.4) is 0 Å². The lowest BCUT2D eigenvalue weighted by atomic mass is 9.99. The van der Waals surface area contributed by atoms with Crippen LogP contribution in [0.2, 0.25) is 0 Å². The Kier molecular flexibility index (Phi) is 69.0. The first-order valence-electron chi connectivity index (χ1n) is 41.4. The normalized spacial score (nSPS) is 14.3. The number of esters is 4. The van der Waals surface area contributed by atoms with Crippen molar-refractivity contribution in [3.05, 3.63) is 0 Å². The van der Waals surface area contributed by atoms with E-state index in [0.717, 1.165) is 108 Å². The van der Waals surface area contributed by atoms with Gasteiger partial charge in [-0.25, -0.2) is 9.13 Å². The summed E-state index contributed by atoms with van der Waals surface area (Å²) in [5.41, 5.74) is 0. The van der Waals surface area contributed by atoms with Gasteiger partial charge in [0.05, 0.1) is 26.4 Å². The maximum Gasteiger partial charge on any atom is 0.472 e. The minimum Gasteiger partial charge on any atom is -0.462 e. The van der Waals surface area contributed by atoms with Gasteiger partial charge in [-0.1, -0.05) is 363 Å². The topological polar surface area (TPSA) is 237 Å². The lowest BCUT2D eigenvalue weighted by molar-refractivity contribution is -0.161. The van der Waals surface area contributed by atoms with Crippen molar-refractivity contribution in [3.63, 3.8) is 0 Å². The second-order valence-corrected chi connectivity index (χ2v) is 32.9. The molecule has 19 heteroatoms. The molecule has 0 radical (unpaired) electrons. The molecule has 0 fully saturated rings. The molecule has 0 aromatic rings. The molecule has 6 atom stereocenters. The third kappa shape index (κ3) is 72.8. The van der Waals surface area contributed by atoms with Crippen LogP contribution in [0.25, 0.3) is 0 Å². The molecule has 0 heterocycles. The molecular weight excluding hydrogens is 1290 g/mol. The van der Waals surface area contributed by atoms with Crippen molar-refractivity contribution in [1.29, 1.82) is 0 Å². The van der Waals surface area contributed by atoms with Crippen molar-refractivity contribution in [2.75, 3.05) is 39.6 Å². The molecule has 99 heavy (non-hydrogen) atoms. The summed E-state index contributed by atoms with van der Waals surface area (Å²) >= 11 is 0. The zero-order chi connectivity index (χ0) is 73.0. The van der Waals surface area contributed by atoms with E-state index in [4.69, 9.17) is 37.0 Å². The van der Waals surface area contributed by atoms with Gasteiger partial charge < -0.3 is 33.8 Å². The van der Waals surface area contributed by atoms with E-state index < -0.39 is 97.5 Å². The Hall–Kier alpha value is -1.94. The largest absolute Gasteiger partial charge is 0.472 e. The minimum absolute atomic E-state index is 0.104. The summed E-state index contributed by atoms with van der Waals surface area (Å²) in [5, 5.41) is 10.6. The van der Waals surface area contributed by atoms with E-state index in [1.54, 1.807) is 0 Å². The van der Waals surface area contributed by atoms with Gasteiger partial charge in [-0.15, -0.1) is 0 Å². The van der Waals surface area contributed by atoms with Gasteiger partial charge >= 0.3 is 39.5 Å². The predicted octanol–water partition coefficient (Wildman–Crippen LogP) is 23.7. The fraction of sp³-hybridized carbons (Fsp3) is 0.950. The maximum atomic E-state index is 13.1. The smallest absolute Gasteiger partial charge is 0.462 e. The highest BCUT2D eigenvalue weighted by Gasteiger charge is 2.30. The molecule has 0 amide bonds. The number of unbranched alkanes of at least 4 members (excludes halogenated alkanes) is 45. The summed E-state index contributed by atoms with van der Waals surface area (Å²) in [4.78, 5) is 72.9. The Bertz CT molecular complexity index is 1920. The van der Waals surface area contributed by atoms with Crippen molar-refractivity contribution in [3.8, 4) is 0 Å². The molecule has 3 unspecified atom stereocenters. The monoisotopic (exact) mass is 1450 g/mol. The Balaban J connectivity index is 5.21. The SMILES string of the molecule is CCCCCCCCCCCCCCCCCCCCCCCCC(=O)O[C@H](COC(=O)CCCCCCCCCCCCCC(C)C)COP(=O)(O)OC[C@@H](O)COP(=O)(O)OC[C@@H](COC(=O)CCCCCCCCCCC(C)C)OC(=O)CCCCCCCCCCC(C)CC. The van der Waals surface area contributed by atoms with Crippen LogP contribution in [-0.2, 0) is 65.4 Å². The number of aliphatic hydroxyl groups is 1. The lowest BCUT2D eigenvalue weighted by Crippen LogP contribution is -2.30. The molecule has 0 spiro atoms. The van der Waals surface area contributed by atoms with E-state index in [9.17, 15) is 43.2 Å². The van der Waals surface area contributed by atoms with Crippen LogP contribution >= 0.6 is 15.6 Å². The Morgan fingerprint density at radius 1 is 0.293 bits per heavy atom. The fourth-order valence-electron chi connectivity index (χ4n) is 12.3. The van der Waals surface area contributed by atoms with Crippen LogP contribution in [0.1, 0.15) is 414 Å². The number of rotatable bonds is 78. The summed E-state index contributed by atoms with van der Waals surface area (Å²) in [5.74, 6) is 0.150. The van der Waals surface area contributed by atoms with Gasteiger partial charge in [-0.2, -0.15) is 0 Å². The predicted molar refractivity (Wildman–Crippen MR) is 405 cm³/mol. The molecule has 0 aliphatic carbocycles. The molecule has 588 valence electrons. The highest BCUT2D eigenvalue weighted by molar-refractivity contribution is 7.47. The number of ether oxygens (including phenoxy) is 4. The first-order chi connectivity index (χ1) is 47.8. The zero-order valence-electron chi connectivity index (χ0n) is 65.0. The number of phosphoric ester groups is 2. The number of hydrogen-bond donors (Lipinski definition) is 3. The van der Waals surface area contributed by atoms with Crippen molar-refractivity contribution in [2.45, 2.75) is 433 Å². The van der Waals surface area contributed by atoms with Gasteiger partial charge in [-0.3, -0.25) is 37.3 Å². The summed E-state index contributed by atoms with van der Waals surface area (Å²) in [6.07, 6.45) is 58.4. The van der Waals surface area contributed by atoms with Crippen molar-refractivity contribution in [2.24, 2.45) is 17.8 Å². The average molecular weight is 1450 g/mol. The number of hydrogen-bond acceptors (Lipinski definition) is 15. The van der Waals surface area contributed by atoms with Crippen LogP contribution in [0.4, 0.5) is 0 Å². The van der Waals surface area contributed by atoms with Crippen LogP contribution < -0.4 is 0 Å². The Labute approximate surface area is 607 Å². The highest BCUT2D eigenvalue weighted by atomic mass is 31.2. The molecular formula is C80H156O17P2. The van der Waals surface area contributed by atoms with E-state index in [1.165, 1.54) is 225 Å². The Morgan fingerprint density at radius 2 is 0.515 bits per heavy atom. The molecule has 0 rings (SSSR count). The second-order valence-electron chi connectivity index (χ2n) is 30.0. The van der Waals surface area contributed by atoms with E-state index >= 15 is 0 Å². The third-order valence-corrected chi connectivity index (χ3v) is 20.9. The maximum absolute atomic E-state index is 13.1. The second kappa shape index (κ2) is 70.4. The van der Waals surface area contributed by atoms with Crippen molar-refractivity contribution in [1.82, 2.24) is 0 Å². The highest BCUT2D eigenvalue weighted by Crippen LogP contribution is 2.45. The molecule has 0 saturated carbocycles. The Morgan fingerprint density at radius 3 is 0.768 bits per heavy atom. The first-order valence-corrected chi connectivity index (χ1v) is 44.4. The summed E-state index contributed by atoms with van der Waals surface area (Å²) in [6, 6.07) is 0. The number of phosphoric acid groups is 2. The molecule has 0 saturated heterocycles. The lowest BCUT2D eigenvalue weighted by Gasteiger charge is -2.21. The fourth-order valence-corrected chi connectivity index (χ4v) is 13.9. The summed E-state index contributed by atoms with van der Waals surface area (Å²) in [6.45, 7) is 11.9. The van der Waals surface area contributed by atoms with E-state index in [2.05, 4.69) is 48.5 Å². The van der Waals surface area contributed by atoms with E-state index in [-0.39, 0.29) is 25.7 Å². The molecule has 0 aromatic carbocycles. The molecule has 0 aliphatic rings. The van der Waals surface area contributed by atoms with Crippen LogP contribution in [0, 0.1) is 17.8 Å². The molecule has 0 aliphatic heterocycles. The molecule has 17 nitrogen and oxygen atoms in total. The minimum atomic E-state index is -4.96. The van der Waals surface area contributed by atoms with Gasteiger partial charge in [-0.05, 0) is 43.4 Å². The molecule has 3 N–H and O–H groups in total. The molecule has 0 bridgehead atoms. The standard InChI is InChI=1S/C80H156O17P2/c1-8-10-11-12-13-14-15-16-17-18-19-20-21-22-23-24-25-28-32-42-49-56-63-79(84)96-75(67-90-77(82)61-54-47-40-31-29-26-27-30-37-44-51-58-71(3)4)69-94-98(86,87)92-65-74(81)66-93-99(88,89)95-70-76(68-91-78(83)62-55-48-41-35-33-38-45-52-59-72(5)6)97-80(85)64-57-50-43-36-34-39-46-53-60-73(7)9-2/h71-76,81H,8-70H2,1-7H3,(H,86,87)(H,88,89)/t73?,74-,75-,76-/m1/s1.